The van der Waals surface area contributed by atoms with E-state index in [9.17, 15) is 30.8 Å². The first-order valence-electron chi connectivity index (χ1n) is 8.38. The summed E-state index contributed by atoms with van der Waals surface area (Å²) in [6.07, 6.45) is -3.47. The first kappa shape index (κ1) is 22.5. The predicted molar refractivity (Wildman–Crippen MR) is 104 cm³/mol. The van der Waals surface area contributed by atoms with Crippen LogP contribution in [-0.4, -0.2) is 25.7 Å². The quantitative estimate of drug-likeness (QED) is 0.505. The molecule has 0 radical (unpaired) electrons. The fourth-order valence-electron chi connectivity index (χ4n) is 2.42. The molecule has 164 valence electrons. The largest absolute Gasteiger partial charge is 0.573 e. The molecule has 3 aromatic rings. The molecule has 0 unspecified atom stereocenters. The van der Waals surface area contributed by atoms with E-state index in [2.05, 4.69) is 19.8 Å². The minimum Gasteiger partial charge on any atom is -0.406 e. The normalized spacial score (nSPS) is 11.7. The van der Waals surface area contributed by atoms with Gasteiger partial charge in [-0.05, 0) is 35.9 Å². The molecule has 2 N–H and O–H groups in total. The van der Waals surface area contributed by atoms with Crippen LogP contribution in [0.5, 0.6) is 5.75 Å². The molecule has 1 amide bonds. The lowest BCUT2D eigenvalue weighted by Crippen LogP contribution is -2.24. The number of aromatic nitrogens is 1. The number of hydrogen-bond acceptors (Lipinski definition) is 6. The molecule has 3 rings (SSSR count). The topological polar surface area (TPSA) is 97.4 Å². The summed E-state index contributed by atoms with van der Waals surface area (Å²) in [5, 5.41) is 4.00. The average molecular weight is 475 g/mol. The van der Waals surface area contributed by atoms with Crippen LogP contribution in [0.3, 0.4) is 0 Å². The van der Waals surface area contributed by atoms with E-state index < -0.39 is 44.3 Å². The molecule has 0 aliphatic carbocycles. The van der Waals surface area contributed by atoms with E-state index in [1.54, 1.807) is 5.38 Å². The maximum Gasteiger partial charge on any atom is 0.573 e. The number of nitrogens with one attached hydrogen (secondary N) is 2. The smallest absolute Gasteiger partial charge is 0.406 e. The lowest BCUT2D eigenvalue weighted by molar-refractivity contribution is -0.274. The summed E-state index contributed by atoms with van der Waals surface area (Å²) in [7, 11) is -4.10. The minimum absolute atomic E-state index is 0.0963. The van der Waals surface area contributed by atoms with Gasteiger partial charge in [0.05, 0.1) is 10.5 Å². The van der Waals surface area contributed by atoms with Crippen LogP contribution in [-0.2, 0) is 16.6 Å². The van der Waals surface area contributed by atoms with Crippen LogP contribution < -0.4 is 14.8 Å². The third kappa shape index (κ3) is 6.15. The second kappa shape index (κ2) is 8.89. The first-order valence-corrected chi connectivity index (χ1v) is 10.7. The molecule has 13 heteroatoms. The van der Waals surface area contributed by atoms with Crippen LogP contribution in [0.1, 0.15) is 15.9 Å². The highest BCUT2D eigenvalue weighted by Gasteiger charge is 2.31. The number of carbonyl (C=O) groups is 1. The van der Waals surface area contributed by atoms with E-state index in [0.717, 1.165) is 35.6 Å². The van der Waals surface area contributed by atoms with Crippen molar-refractivity contribution in [3.05, 3.63) is 71.0 Å². The van der Waals surface area contributed by atoms with Crippen molar-refractivity contribution in [1.29, 1.82) is 0 Å². The third-order valence-electron chi connectivity index (χ3n) is 3.73. The monoisotopic (exact) mass is 475 g/mol. The van der Waals surface area contributed by atoms with Gasteiger partial charge >= 0.3 is 6.36 Å². The number of benzene rings is 2. The van der Waals surface area contributed by atoms with Gasteiger partial charge in [-0.3, -0.25) is 9.52 Å². The van der Waals surface area contributed by atoms with Crippen LogP contribution >= 0.6 is 11.3 Å². The van der Waals surface area contributed by atoms with Crippen molar-refractivity contribution in [2.75, 3.05) is 4.72 Å². The number of hydrogen-bond donors (Lipinski definition) is 2. The molecular formula is C18H13F4N3O4S2. The van der Waals surface area contributed by atoms with Gasteiger partial charge in [-0.15, -0.1) is 24.5 Å². The van der Waals surface area contributed by atoms with Gasteiger partial charge in [-0.1, -0.05) is 12.1 Å². The molecule has 0 aliphatic heterocycles. The Kier molecular flexibility index (Phi) is 6.45. The summed E-state index contributed by atoms with van der Waals surface area (Å²) in [4.78, 5) is 15.6. The lowest BCUT2D eigenvalue weighted by atomic mass is 10.1. The molecule has 0 atom stereocenters. The Bertz CT molecular complexity index is 1180. The second-order valence-electron chi connectivity index (χ2n) is 5.96. The molecule has 0 fully saturated rings. The highest BCUT2D eigenvalue weighted by molar-refractivity contribution is 7.93. The number of rotatable bonds is 7. The maximum atomic E-state index is 14.4. The van der Waals surface area contributed by atoms with E-state index in [1.807, 2.05) is 0 Å². The number of alkyl halides is 3. The number of anilines is 1. The lowest BCUT2D eigenvalue weighted by Gasteiger charge is -2.11. The Hall–Kier alpha value is -3.19. The molecule has 1 aromatic heterocycles. The van der Waals surface area contributed by atoms with Gasteiger partial charge in [0.2, 0.25) is 0 Å². The zero-order valence-corrected chi connectivity index (χ0v) is 16.9. The number of nitrogens with zero attached hydrogens (tertiary/aromatic N) is 1. The summed E-state index contributed by atoms with van der Waals surface area (Å²) in [5.41, 5.74) is -0.154. The van der Waals surface area contributed by atoms with Crippen LogP contribution in [0.15, 0.2) is 58.9 Å². The molecule has 0 saturated carbocycles. The summed E-state index contributed by atoms with van der Waals surface area (Å²) in [6, 6.07) is 7.64. The molecular weight excluding hydrogens is 462 g/mol. The number of thiazole rings is 1. The highest BCUT2D eigenvalue weighted by atomic mass is 32.2. The third-order valence-corrected chi connectivity index (χ3v) is 5.89. The molecule has 0 spiro atoms. The highest BCUT2D eigenvalue weighted by Crippen LogP contribution is 2.24. The van der Waals surface area contributed by atoms with Crippen LogP contribution in [0.2, 0.25) is 0 Å². The molecule has 0 saturated heterocycles. The van der Waals surface area contributed by atoms with Crippen molar-refractivity contribution >= 4 is 32.4 Å². The maximum absolute atomic E-state index is 14.4. The Morgan fingerprint density at radius 2 is 1.94 bits per heavy atom. The zero-order chi connectivity index (χ0) is 22.6. The Morgan fingerprint density at radius 1 is 1.16 bits per heavy atom. The molecule has 0 aliphatic rings. The molecule has 1 heterocycles. The van der Waals surface area contributed by atoms with Gasteiger partial charge in [0.1, 0.15) is 11.6 Å². The van der Waals surface area contributed by atoms with Gasteiger partial charge in [0, 0.05) is 18.1 Å². The zero-order valence-electron chi connectivity index (χ0n) is 15.3. The van der Waals surface area contributed by atoms with Gasteiger partial charge in [-0.2, -0.15) is 0 Å². The fraction of sp³-hybridized carbons (Fsp3) is 0.111. The number of halogens is 4. The van der Waals surface area contributed by atoms with Crippen molar-refractivity contribution in [3.8, 4) is 5.75 Å². The van der Waals surface area contributed by atoms with Crippen molar-refractivity contribution in [2.45, 2.75) is 17.8 Å². The average Bonchev–Trinajstić information content (AvgIpc) is 3.17. The predicted octanol–water partition coefficient (Wildman–Crippen LogP) is 3.91. The summed E-state index contributed by atoms with van der Waals surface area (Å²) >= 11 is 1.03. The van der Waals surface area contributed by atoms with E-state index in [4.69, 9.17) is 0 Å². The Labute approximate surface area is 177 Å². The van der Waals surface area contributed by atoms with Crippen LogP contribution in [0, 0.1) is 5.82 Å². The van der Waals surface area contributed by atoms with Gasteiger partial charge in [-0.25, -0.2) is 17.8 Å². The van der Waals surface area contributed by atoms with Crippen molar-refractivity contribution in [1.82, 2.24) is 10.3 Å². The second-order valence-corrected chi connectivity index (χ2v) is 8.54. The van der Waals surface area contributed by atoms with Crippen LogP contribution in [0.4, 0.5) is 22.7 Å². The fourth-order valence-corrected chi connectivity index (χ4v) is 4.23. The van der Waals surface area contributed by atoms with E-state index >= 15 is 0 Å². The van der Waals surface area contributed by atoms with Crippen LogP contribution in [0.25, 0.3) is 0 Å². The summed E-state index contributed by atoms with van der Waals surface area (Å²) in [5.74, 6) is -2.43. The Balaban J connectivity index is 1.68. The van der Waals surface area contributed by atoms with Crippen molar-refractivity contribution < 1.29 is 35.5 Å². The molecule has 0 bridgehead atoms. The molecule has 2 aromatic carbocycles. The van der Waals surface area contributed by atoms with E-state index in [0.29, 0.717) is 6.07 Å². The number of carbonyl (C=O) groups excluding carboxylic acids is 1. The standard InChI is InChI=1S/C18H13F4N3O4S2/c19-15-9-13(31(27,28)25-17-23-6-7-30-17)4-5-14(15)16(26)24-10-11-2-1-3-12(8-11)29-18(20,21)22/h1-9H,10H2,(H,23,25)(H,24,26). The Morgan fingerprint density at radius 3 is 2.58 bits per heavy atom. The molecule has 7 nitrogen and oxygen atoms in total. The number of sulfonamides is 1. The SMILES string of the molecule is O=C(NCc1cccc(OC(F)(F)F)c1)c1ccc(S(=O)(=O)Nc2nccs2)cc1F. The minimum atomic E-state index is -4.86. The van der Waals surface area contributed by atoms with Crippen molar-refractivity contribution in [3.63, 3.8) is 0 Å². The number of amides is 1. The summed E-state index contributed by atoms with van der Waals surface area (Å²) < 4.78 is 81.8. The van der Waals surface area contributed by atoms with E-state index in [1.165, 1.54) is 18.3 Å². The number of ether oxygens (including phenoxy) is 1. The first-order chi connectivity index (χ1) is 14.5. The van der Waals surface area contributed by atoms with Gasteiger partial charge < -0.3 is 10.1 Å². The summed E-state index contributed by atoms with van der Waals surface area (Å²) in [6.45, 7) is -0.209. The van der Waals surface area contributed by atoms with Crippen molar-refractivity contribution in [2.24, 2.45) is 0 Å². The molecule has 31 heavy (non-hydrogen) atoms. The van der Waals surface area contributed by atoms with E-state index in [-0.39, 0.29) is 17.2 Å². The van der Waals surface area contributed by atoms with Gasteiger partial charge in [0.25, 0.3) is 15.9 Å². The van der Waals surface area contributed by atoms with Gasteiger partial charge in [0.15, 0.2) is 5.13 Å².